The summed E-state index contributed by atoms with van der Waals surface area (Å²) >= 11 is 0. The molecule has 2 nitrogen and oxygen atoms in total. The maximum atomic E-state index is 2.46. The highest BCUT2D eigenvalue weighted by molar-refractivity contribution is 6.20. The normalized spacial score (nSPS) is 12.2. The highest BCUT2D eigenvalue weighted by atomic mass is 14.9. The molecular weight excluding hydrogens is 556 g/mol. The van der Waals surface area contributed by atoms with Crippen molar-refractivity contribution in [2.45, 2.75) is 129 Å². The summed E-state index contributed by atoms with van der Waals surface area (Å²) in [5.41, 5.74) is 5.66. The lowest BCUT2D eigenvalue weighted by molar-refractivity contribution is 0.572. The van der Waals surface area contributed by atoms with Crippen LogP contribution in [0, 0.1) is 0 Å². The maximum absolute atomic E-state index is 2.46. The summed E-state index contributed by atoms with van der Waals surface area (Å²) in [5, 5.41) is 10.9. The number of hydrogen-bond donors (Lipinski definition) is 0. The molecule has 0 radical (unpaired) electrons. The monoisotopic (exact) mass is 614 g/mol. The molecule has 0 atom stereocenters. The predicted octanol–water partition coefficient (Wildman–Crippen LogP) is 13.5. The Balaban J connectivity index is 1.20. The van der Waals surface area contributed by atoms with Crippen molar-refractivity contribution in [2.24, 2.45) is 14.1 Å². The summed E-state index contributed by atoms with van der Waals surface area (Å²) < 4.78 is 4.88. The van der Waals surface area contributed by atoms with Gasteiger partial charge in [0, 0.05) is 47.3 Å². The zero-order valence-electron chi connectivity index (χ0n) is 29.4. The van der Waals surface area contributed by atoms with Crippen LogP contribution in [0.25, 0.3) is 54.1 Å². The number of rotatable bonds is 18. The Morgan fingerprint density at radius 3 is 1.13 bits per heavy atom. The standard InChI is InChI=1S/C44H58N2/c1-5-7-9-11-13-15-17-19-21-37-27-35-29-41-33(31-43(35)45(37)3)23-25-40-39(41)26-24-34-32-44-36(30-42(34)40)28-38(46(44)4)22-20-18-16-14-12-10-8-6-2/h23-32H,5-22H2,1-4H3. The predicted molar refractivity (Wildman–Crippen MR) is 205 cm³/mol. The molecule has 0 saturated heterocycles. The second kappa shape index (κ2) is 15.6. The van der Waals surface area contributed by atoms with E-state index >= 15 is 0 Å². The summed E-state index contributed by atoms with van der Waals surface area (Å²) in [7, 11) is 4.52. The largest absolute Gasteiger partial charge is 0.348 e. The first-order valence-corrected chi connectivity index (χ1v) is 18.9. The van der Waals surface area contributed by atoms with Gasteiger partial charge in [-0.05, 0) is 94.4 Å². The van der Waals surface area contributed by atoms with Crippen LogP contribution in [-0.4, -0.2) is 9.13 Å². The average Bonchev–Trinajstić information content (AvgIpc) is 3.55. The first kappa shape index (κ1) is 32.7. The highest BCUT2D eigenvalue weighted by Crippen LogP contribution is 2.36. The fraction of sp³-hybridized carbons (Fsp3) is 0.500. The molecule has 0 spiro atoms. The van der Waals surface area contributed by atoms with Gasteiger partial charge in [0.25, 0.3) is 0 Å². The van der Waals surface area contributed by atoms with Crippen LogP contribution in [0.1, 0.15) is 128 Å². The molecule has 6 rings (SSSR count). The number of unbranched alkanes of at least 4 members (excludes halogenated alkanes) is 14. The van der Waals surface area contributed by atoms with E-state index in [0.29, 0.717) is 0 Å². The quantitative estimate of drug-likeness (QED) is 0.0673. The number of aromatic nitrogens is 2. The second-order valence-corrected chi connectivity index (χ2v) is 14.3. The number of aryl methyl sites for hydroxylation is 4. The SMILES string of the molecule is CCCCCCCCCCc1cc2cc3c(ccc4c5cc6cc(CCCCCCCCCC)n(C)c6cc5ccc34)cc2n1C. The van der Waals surface area contributed by atoms with E-state index in [9.17, 15) is 0 Å². The van der Waals surface area contributed by atoms with Crippen LogP contribution in [0.3, 0.4) is 0 Å². The first-order chi connectivity index (χ1) is 22.6. The van der Waals surface area contributed by atoms with Gasteiger partial charge in [-0.15, -0.1) is 0 Å². The van der Waals surface area contributed by atoms with Gasteiger partial charge < -0.3 is 9.13 Å². The highest BCUT2D eigenvalue weighted by Gasteiger charge is 2.13. The van der Waals surface area contributed by atoms with E-state index < -0.39 is 0 Å². The topological polar surface area (TPSA) is 9.86 Å². The Morgan fingerprint density at radius 2 is 0.739 bits per heavy atom. The summed E-state index contributed by atoms with van der Waals surface area (Å²) in [6.45, 7) is 4.60. The van der Waals surface area contributed by atoms with Crippen LogP contribution in [0.4, 0.5) is 0 Å². The molecule has 0 N–H and O–H groups in total. The van der Waals surface area contributed by atoms with Crippen molar-refractivity contribution in [3.8, 4) is 0 Å². The molecular formula is C44H58N2. The fourth-order valence-corrected chi connectivity index (χ4v) is 8.01. The van der Waals surface area contributed by atoms with Gasteiger partial charge in [0.2, 0.25) is 0 Å². The van der Waals surface area contributed by atoms with Gasteiger partial charge in [0.1, 0.15) is 0 Å². The molecule has 0 unspecified atom stereocenters. The molecule has 244 valence electrons. The molecule has 0 aliphatic carbocycles. The molecule has 0 aliphatic heterocycles. The average molecular weight is 615 g/mol. The number of hydrogen-bond acceptors (Lipinski definition) is 0. The molecule has 4 aromatic carbocycles. The van der Waals surface area contributed by atoms with Crippen LogP contribution < -0.4 is 0 Å². The van der Waals surface area contributed by atoms with Gasteiger partial charge in [-0.25, -0.2) is 0 Å². The van der Waals surface area contributed by atoms with Gasteiger partial charge >= 0.3 is 0 Å². The smallest absolute Gasteiger partial charge is 0.0486 e. The number of nitrogens with zero attached hydrogens (tertiary/aromatic N) is 2. The Hall–Kier alpha value is -3.26. The third-order valence-electron chi connectivity index (χ3n) is 10.9. The summed E-state index contributed by atoms with van der Waals surface area (Å²) in [6, 6.07) is 24.1. The number of benzene rings is 4. The van der Waals surface area contributed by atoms with Crippen molar-refractivity contribution in [2.75, 3.05) is 0 Å². The van der Waals surface area contributed by atoms with Crippen molar-refractivity contribution < 1.29 is 0 Å². The minimum absolute atomic E-state index is 1.18. The van der Waals surface area contributed by atoms with Crippen molar-refractivity contribution in [3.63, 3.8) is 0 Å². The van der Waals surface area contributed by atoms with Crippen molar-refractivity contribution >= 4 is 54.1 Å². The summed E-state index contributed by atoms with van der Waals surface area (Å²) in [5.74, 6) is 0. The van der Waals surface area contributed by atoms with Gasteiger partial charge in [0.05, 0.1) is 0 Å². The summed E-state index contributed by atoms with van der Waals surface area (Å²) in [4.78, 5) is 0. The first-order valence-electron chi connectivity index (χ1n) is 18.9. The van der Waals surface area contributed by atoms with Crippen molar-refractivity contribution in [1.29, 1.82) is 0 Å². The fourth-order valence-electron chi connectivity index (χ4n) is 8.01. The Morgan fingerprint density at radius 1 is 0.370 bits per heavy atom. The lowest BCUT2D eigenvalue weighted by Crippen LogP contribution is -1.96. The van der Waals surface area contributed by atoms with Gasteiger partial charge in [-0.1, -0.05) is 128 Å². The Bertz CT molecular complexity index is 1760. The molecule has 0 amide bonds. The molecule has 0 aliphatic rings. The molecule has 0 bridgehead atoms. The Labute approximate surface area is 278 Å². The second-order valence-electron chi connectivity index (χ2n) is 14.3. The van der Waals surface area contributed by atoms with Gasteiger partial charge in [-0.2, -0.15) is 0 Å². The number of fused-ring (bicyclic) bond motifs is 7. The van der Waals surface area contributed by atoms with E-state index in [1.54, 1.807) is 0 Å². The zero-order chi connectivity index (χ0) is 31.9. The van der Waals surface area contributed by atoms with E-state index in [1.807, 2.05) is 0 Å². The summed E-state index contributed by atoms with van der Waals surface area (Å²) in [6.07, 6.45) is 24.3. The van der Waals surface area contributed by atoms with E-state index in [1.165, 1.54) is 181 Å². The zero-order valence-corrected chi connectivity index (χ0v) is 29.4. The molecule has 0 fully saturated rings. The lowest BCUT2D eigenvalue weighted by atomic mass is 9.95. The molecule has 2 heteroatoms. The molecule has 2 aromatic heterocycles. The van der Waals surface area contributed by atoms with Crippen LogP contribution in [-0.2, 0) is 26.9 Å². The van der Waals surface area contributed by atoms with Gasteiger partial charge in [0.15, 0.2) is 0 Å². The minimum atomic E-state index is 1.18. The van der Waals surface area contributed by atoms with Crippen LogP contribution >= 0.6 is 0 Å². The minimum Gasteiger partial charge on any atom is -0.348 e. The van der Waals surface area contributed by atoms with E-state index in [4.69, 9.17) is 0 Å². The van der Waals surface area contributed by atoms with Gasteiger partial charge in [-0.3, -0.25) is 0 Å². The van der Waals surface area contributed by atoms with Crippen molar-refractivity contribution in [3.05, 3.63) is 72.1 Å². The van der Waals surface area contributed by atoms with E-state index in [0.717, 1.165) is 0 Å². The third kappa shape index (κ3) is 7.17. The van der Waals surface area contributed by atoms with E-state index in [-0.39, 0.29) is 0 Å². The van der Waals surface area contributed by atoms with Crippen LogP contribution in [0.15, 0.2) is 60.7 Å². The molecule has 0 saturated carbocycles. The van der Waals surface area contributed by atoms with E-state index in [2.05, 4.69) is 97.7 Å². The van der Waals surface area contributed by atoms with Crippen LogP contribution in [0.5, 0.6) is 0 Å². The van der Waals surface area contributed by atoms with Crippen molar-refractivity contribution in [1.82, 2.24) is 9.13 Å². The molecule has 46 heavy (non-hydrogen) atoms. The van der Waals surface area contributed by atoms with Crippen LogP contribution in [0.2, 0.25) is 0 Å². The molecule has 2 heterocycles. The Kier molecular flexibility index (Phi) is 11.0. The molecule has 6 aromatic rings. The maximum Gasteiger partial charge on any atom is 0.0486 e. The third-order valence-corrected chi connectivity index (χ3v) is 10.9. The lowest BCUT2D eigenvalue weighted by Gasteiger charge is -2.10.